The highest BCUT2D eigenvalue weighted by atomic mass is 32.1. The van der Waals surface area contributed by atoms with Crippen LogP contribution < -0.4 is 0 Å². The number of aryl methyl sites for hydroxylation is 1. The fraction of sp³-hybridized carbons (Fsp3) is 0.286. The number of thiophene rings is 1. The molecule has 0 aliphatic carbocycles. The Hall–Kier alpha value is -2.66. The van der Waals surface area contributed by atoms with Crippen LogP contribution in [0.5, 0.6) is 0 Å². The first kappa shape index (κ1) is 14.3. The minimum atomic E-state index is -0.932. The van der Waals surface area contributed by atoms with Gasteiger partial charge in [0.1, 0.15) is 11.1 Å². The predicted octanol–water partition coefficient (Wildman–Crippen LogP) is 2.14. The second-order valence-electron chi connectivity index (χ2n) is 4.96. The molecule has 0 saturated carbocycles. The SMILES string of the molecule is Cn1cc(C=Nc2sc3c(c2C#N)CCN(C(=O)O)C3)cn1. The molecule has 0 saturated heterocycles. The normalized spacial score (nSPS) is 14.1. The van der Waals surface area contributed by atoms with E-state index in [1.54, 1.807) is 17.1 Å². The van der Waals surface area contributed by atoms with Crippen LogP contribution in [-0.2, 0) is 20.0 Å². The number of nitriles is 1. The molecule has 0 aromatic carbocycles. The molecule has 22 heavy (non-hydrogen) atoms. The first-order chi connectivity index (χ1) is 10.6. The third kappa shape index (κ3) is 2.58. The zero-order valence-electron chi connectivity index (χ0n) is 11.9. The van der Waals surface area contributed by atoms with E-state index in [0.717, 1.165) is 16.0 Å². The van der Waals surface area contributed by atoms with Crippen molar-refractivity contribution in [1.82, 2.24) is 14.7 Å². The lowest BCUT2D eigenvalue weighted by atomic mass is 10.0. The van der Waals surface area contributed by atoms with Crippen LogP contribution in [0.3, 0.4) is 0 Å². The lowest BCUT2D eigenvalue weighted by Gasteiger charge is -2.23. The van der Waals surface area contributed by atoms with Crippen LogP contribution in [0.1, 0.15) is 21.6 Å². The Bertz CT molecular complexity index is 799. The van der Waals surface area contributed by atoms with Crippen molar-refractivity contribution in [2.75, 3.05) is 6.54 Å². The van der Waals surface area contributed by atoms with Gasteiger partial charge in [0.2, 0.25) is 0 Å². The summed E-state index contributed by atoms with van der Waals surface area (Å²) in [6.07, 6.45) is 4.81. The van der Waals surface area contributed by atoms with E-state index in [1.165, 1.54) is 16.2 Å². The van der Waals surface area contributed by atoms with E-state index in [9.17, 15) is 10.1 Å². The molecule has 0 spiro atoms. The molecule has 0 radical (unpaired) electrons. The molecule has 1 amide bonds. The largest absolute Gasteiger partial charge is 0.465 e. The van der Waals surface area contributed by atoms with E-state index in [-0.39, 0.29) is 0 Å². The van der Waals surface area contributed by atoms with Gasteiger partial charge in [-0.25, -0.2) is 9.79 Å². The van der Waals surface area contributed by atoms with Gasteiger partial charge in [0, 0.05) is 36.4 Å². The van der Waals surface area contributed by atoms with Crippen LogP contribution in [0.25, 0.3) is 0 Å². The first-order valence-electron chi connectivity index (χ1n) is 6.63. The second kappa shape index (κ2) is 5.61. The summed E-state index contributed by atoms with van der Waals surface area (Å²) in [6.45, 7) is 0.742. The highest BCUT2D eigenvalue weighted by molar-refractivity contribution is 7.16. The number of carboxylic acid groups (broad SMARTS) is 1. The number of hydrogen-bond acceptors (Lipinski definition) is 5. The minimum Gasteiger partial charge on any atom is -0.465 e. The summed E-state index contributed by atoms with van der Waals surface area (Å²) in [5.74, 6) is 0. The Morgan fingerprint density at radius 1 is 1.64 bits per heavy atom. The van der Waals surface area contributed by atoms with Gasteiger partial charge >= 0.3 is 6.09 Å². The quantitative estimate of drug-likeness (QED) is 0.859. The molecule has 8 heteroatoms. The summed E-state index contributed by atoms with van der Waals surface area (Å²) in [5, 5.41) is 23.1. The monoisotopic (exact) mass is 315 g/mol. The van der Waals surface area contributed by atoms with Gasteiger partial charge in [-0.1, -0.05) is 0 Å². The Morgan fingerprint density at radius 3 is 3.09 bits per heavy atom. The van der Waals surface area contributed by atoms with E-state index >= 15 is 0 Å². The number of carbonyl (C=O) groups is 1. The molecule has 112 valence electrons. The van der Waals surface area contributed by atoms with Crippen LogP contribution in [0.4, 0.5) is 9.80 Å². The smallest absolute Gasteiger partial charge is 0.407 e. The third-order valence-corrected chi connectivity index (χ3v) is 4.60. The molecule has 0 atom stereocenters. The van der Waals surface area contributed by atoms with E-state index in [4.69, 9.17) is 5.11 Å². The summed E-state index contributed by atoms with van der Waals surface area (Å²) in [6, 6.07) is 2.20. The third-order valence-electron chi connectivity index (χ3n) is 3.48. The highest BCUT2D eigenvalue weighted by Crippen LogP contribution is 2.38. The van der Waals surface area contributed by atoms with Crippen LogP contribution in [0.2, 0.25) is 0 Å². The molecule has 2 aromatic rings. The zero-order valence-corrected chi connectivity index (χ0v) is 12.7. The van der Waals surface area contributed by atoms with Crippen molar-refractivity contribution < 1.29 is 9.90 Å². The van der Waals surface area contributed by atoms with Crippen LogP contribution >= 0.6 is 11.3 Å². The van der Waals surface area contributed by atoms with E-state index in [2.05, 4.69) is 16.2 Å². The molecule has 3 heterocycles. The number of nitrogens with zero attached hydrogens (tertiary/aromatic N) is 5. The number of rotatable bonds is 2. The van der Waals surface area contributed by atoms with Crippen LogP contribution in [0.15, 0.2) is 17.4 Å². The molecule has 2 aromatic heterocycles. The van der Waals surface area contributed by atoms with E-state index in [0.29, 0.717) is 30.1 Å². The fourth-order valence-electron chi connectivity index (χ4n) is 2.40. The number of aliphatic imine (C=N–C) groups is 1. The number of aromatic nitrogens is 2. The van der Waals surface area contributed by atoms with Gasteiger partial charge in [0.25, 0.3) is 0 Å². The zero-order chi connectivity index (χ0) is 15.7. The summed E-state index contributed by atoms with van der Waals surface area (Å²) < 4.78 is 1.68. The Labute approximate surface area is 130 Å². The van der Waals surface area contributed by atoms with Crippen molar-refractivity contribution in [3.63, 3.8) is 0 Å². The topological polar surface area (TPSA) is 94.5 Å². The Kier molecular flexibility index (Phi) is 3.65. The molecular formula is C14H13N5O2S. The summed E-state index contributed by atoms with van der Waals surface area (Å²) in [4.78, 5) is 17.7. The van der Waals surface area contributed by atoms with Crippen molar-refractivity contribution in [2.45, 2.75) is 13.0 Å². The van der Waals surface area contributed by atoms with Gasteiger partial charge in [-0.05, 0) is 12.0 Å². The standard InChI is InChI=1S/C14H13N5O2S/c1-18-7-9(6-17-18)5-16-13-11(4-15)10-2-3-19(14(20)21)8-12(10)22-13/h5-7H,2-3,8H2,1H3,(H,20,21). The maximum absolute atomic E-state index is 11.1. The molecular weight excluding hydrogens is 302 g/mol. The summed E-state index contributed by atoms with van der Waals surface area (Å²) >= 11 is 1.38. The first-order valence-corrected chi connectivity index (χ1v) is 7.45. The van der Waals surface area contributed by atoms with Crippen molar-refractivity contribution in [3.05, 3.63) is 34.0 Å². The molecule has 0 bridgehead atoms. The fourth-order valence-corrected chi connectivity index (χ4v) is 3.56. The average Bonchev–Trinajstić information content (AvgIpc) is 3.06. The number of hydrogen-bond donors (Lipinski definition) is 1. The lowest BCUT2D eigenvalue weighted by molar-refractivity contribution is 0.140. The Morgan fingerprint density at radius 2 is 2.45 bits per heavy atom. The van der Waals surface area contributed by atoms with Crippen molar-refractivity contribution in [2.24, 2.45) is 12.0 Å². The molecule has 1 aliphatic heterocycles. The van der Waals surface area contributed by atoms with Gasteiger partial charge < -0.3 is 10.0 Å². The molecule has 0 fully saturated rings. The summed E-state index contributed by atoms with van der Waals surface area (Å²) in [5.41, 5.74) is 2.35. The second-order valence-corrected chi connectivity index (χ2v) is 6.04. The van der Waals surface area contributed by atoms with Crippen molar-refractivity contribution >= 4 is 28.6 Å². The highest BCUT2D eigenvalue weighted by Gasteiger charge is 2.26. The van der Waals surface area contributed by atoms with Gasteiger partial charge in [0.15, 0.2) is 0 Å². The molecule has 3 rings (SSSR count). The lowest BCUT2D eigenvalue weighted by Crippen LogP contribution is -2.34. The molecule has 1 aliphatic rings. The van der Waals surface area contributed by atoms with Gasteiger partial charge in [-0.3, -0.25) is 4.68 Å². The Balaban J connectivity index is 1.92. The van der Waals surface area contributed by atoms with Crippen molar-refractivity contribution in [3.8, 4) is 6.07 Å². The molecule has 1 N–H and O–H groups in total. The van der Waals surface area contributed by atoms with Gasteiger partial charge in [-0.15, -0.1) is 11.3 Å². The average molecular weight is 315 g/mol. The molecule has 0 unspecified atom stereocenters. The van der Waals surface area contributed by atoms with Crippen molar-refractivity contribution in [1.29, 1.82) is 5.26 Å². The maximum Gasteiger partial charge on any atom is 0.407 e. The molecule has 7 nitrogen and oxygen atoms in total. The van der Waals surface area contributed by atoms with E-state index < -0.39 is 6.09 Å². The van der Waals surface area contributed by atoms with Gasteiger partial charge in [0.05, 0.1) is 18.3 Å². The van der Waals surface area contributed by atoms with E-state index in [1.807, 2.05) is 13.2 Å². The number of amides is 1. The number of fused-ring (bicyclic) bond motifs is 1. The van der Waals surface area contributed by atoms with Gasteiger partial charge in [-0.2, -0.15) is 10.4 Å². The summed E-state index contributed by atoms with van der Waals surface area (Å²) in [7, 11) is 1.82. The predicted molar refractivity (Wildman–Crippen MR) is 81.6 cm³/mol. The van der Waals surface area contributed by atoms with Crippen LogP contribution in [-0.4, -0.2) is 38.6 Å². The minimum absolute atomic E-state index is 0.326. The maximum atomic E-state index is 11.1. The van der Waals surface area contributed by atoms with Crippen LogP contribution in [0, 0.1) is 11.3 Å².